The van der Waals surface area contributed by atoms with Gasteiger partial charge in [-0.15, -0.1) is 0 Å². The fraction of sp³-hybridized carbons (Fsp3) is 0.706. The van der Waals surface area contributed by atoms with E-state index in [1.807, 2.05) is 11.0 Å². The summed E-state index contributed by atoms with van der Waals surface area (Å²) in [6.07, 6.45) is 30.3. The number of fused-ring (bicyclic) bond motifs is 2. The van der Waals surface area contributed by atoms with Gasteiger partial charge in [0.05, 0.1) is 16.8 Å². The minimum Gasteiger partial charge on any atom is -0.427 e. The summed E-state index contributed by atoms with van der Waals surface area (Å²) in [4.78, 5) is 35.6. The highest BCUT2D eigenvalue weighted by Gasteiger charge is 2.31. The van der Waals surface area contributed by atoms with Gasteiger partial charge in [0.25, 0.3) is 0 Å². The number of hydrogen-bond donors (Lipinski definition) is 0. The molecule has 2 aromatic carbocycles. The minimum atomic E-state index is -0.310. The molecule has 5 rings (SSSR count). The number of carbonyl (C=O) groups excluding carboxylic acids is 2. The average Bonchev–Trinajstić information content (AvgIpc) is 3.84. The molecule has 0 bridgehead atoms. The van der Waals surface area contributed by atoms with Gasteiger partial charge in [-0.3, -0.25) is 14.6 Å². The molecule has 0 spiro atoms. The van der Waals surface area contributed by atoms with Crippen molar-refractivity contribution in [1.82, 2.24) is 14.2 Å². The number of benzene rings is 2. The molecular weight excluding hydrogens is 798 g/mol. The number of nitrogens with zero attached hydrogens (tertiary/aromatic N) is 5. The molecule has 2 aliphatic rings. The second-order valence-electron chi connectivity index (χ2n) is 18.1. The lowest BCUT2D eigenvalue weighted by molar-refractivity contribution is -0.118. The SMILES string of the molecule is CCCCCCCCCCCCCCN(C(=O)OCN1C(=O)Cc2cc(CCN3CCN(c4nsc5ccccc45)CC3)c(Cl)cc21)C(C)CCCCCCCCCCCC. The highest BCUT2D eigenvalue weighted by atomic mass is 35.5. The van der Waals surface area contributed by atoms with E-state index in [9.17, 15) is 9.59 Å². The smallest absolute Gasteiger partial charge is 0.411 e. The summed E-state index contributed by atoms with van der Waals surface area (Å²) in [5.41, 5.74) is 2.79. The molecule has 0 aliphatic carbocycles. The molecular formula is C51H80ClN5O3S. The zero-order valence-corrected chi connectivity index (χ0v) is 40.0. The number of amides is 2. The molecule has 0 saturated carbocycles. The van der Waals surface area contributed by atoms with Gasteiger partial charge >= 0.3 is 6.09 Å². The molecule has 2 aliphatic heterocycles. The summed E-state index contributed by atoms with van der Waals surface area (Å²) in [6, 6.07) is 12.6. The van der Waals surface area contributed by atoms with E-state index in [0.717, 1.165) is 87.5 Å². The third kappa shape index (κ3) is 16.3. The Bertz CT molecular complexity index is 1710. The zero-order valence-electron chi connectivity index (χ0n) is 38.4. The number of ether oxygens (including phenoxy) is 1. The van der Waals surface area contributed by atoms with Gasteiger partial charge in [0.1, 0.15) is 5.82 Å². The first-order valence-electron chi connectivity index (χ1n) is 24.8. The lowest BCUT2D eigenvalue weighted by Crippen LogP contribution is -2.47. The first-order chi connectivity index (χ1) is 29.9. The fourth-order valence-corrected chi connectivity index (χ4v) is 10.3. The van der Waals surface area contributed by atoms with Crippen LogP contribution in [0, 0.1) is 0 Å². The molecule has 1 unspecified atom stereocenters. The number of rotatable bonds is 31. The van der Waals surface area contributed by atoms with Crippen molar-refractivity contribution in [3.05, 3.63) is 52.5 Å². The monoisotopic (exact) mass is 878 g/mol. The van der Waals surface area contributed by atoms with Crippen molar-refractivity contribution in [2.75, 3.05) is 55.8 Å². The van der Waals surface area contributed by atoms with Crippen molar-refractivity contribution in [2.24, 2.45) is 0 Å². The van der Waals surface area contributed by atoms with E-state index in [1.54, 1.807) is 16.4 Å². The molecule has 1 saturated heterocycles. The summed E-state index contributed by atoms with van der Waals surface area (Å²) < 4.78 is 12.0. The Morgan fingerprint density at radius 3 is 1.98 bits per heavy atom. The van der Waals surface area contributed by atoms with Crippen LogP contribution in [-0.2, 0) is 22.4 Å². The van der Waals surface area contributed by atoms with Crippen LogP contribution in [0.1, 0.15) is 180 Å². The summed E-state index contributed by atoms with van der Waals surface area (Å²) in [6.45, 7) is 12.1. The molecule has 2 amide bonds. The second-order valence-corrected chi connectivity index (χ2v) is 19.3. The standard InChI is InChI=1S/C51H80ClN5O3S/c1-4-6-8-10-12-14-16-17-19-21-23-27-32-56(42(3)28-24-22-20-18-15-13-11-9-7-5-2)51(59)60-41-57-47-40-46(52)43(38-44(47)39-49(57)58)31-33-54-34-36-55(37-35-54)50-45-29-25-26-30-48(45)61-53-50/h25-26,29-30,38,40,42H,4-24,27-28,31-37,39,41H2,1-3H3. The minimum absolute atomic E-state index is 0.0485. The number of anilines is 2. The van der Waals surface area contributed by atoms with Crippen molar-refractivity contribution in [3.63, 3.8) is 0 Å². The van der Waals surface area contributed by atoms with Crippen molar-refractivity contribution in [1.29, 1.82) is 0 Å². The average molecular weight is 879 g/mol. The molecule has 10 heteroatoms. The van der Waals surface area contributed by atoms with Crippen molar-refractivity contribution >= 4 is 56.7 Å². The maximum atomic E-state index is 13.8. The number of carbonyl (C=O) groups is 2. The Hall–Kier alpha value is -2.88. The quantitative estimate of drug-likeness (QED) is 0.0600. The van der Waals surface area contributed by atoms with Crippen molar-refractivity contribution in [3.8, 4) is 0 Å². The van der Waals surface area contributed by atoms with Crippen LogP contribution in [0.3, 0.4) is 0 Å². The number of aromatic nitrogens is 1. The number of unbranched alkanes of at least 4 members (excludes halogenated alkanes) is 20. The van der Waals surface area contributed by atoms with E-state index in [1.165, 1.54) is 132 Å². The largest absolute Gasteiger partial charge is 0.427 e. The molecule has 1 aromatic heterocycles. The Balaban J connectivity index is 1.06. The van der Waals surface area contributed by atoms with E-state index < -0.39 is 0 Å². The van der Waals surface area contributed by atoms with E-state index in [-0.39, 0.29) is 24.8 Å². The maximum Gasteiger partial charge on any atom is 0.411 e. The van der Waals surface area contributed by atoms with Crippen LogP contribution in [0.2, 0.25) is 5.02 Å². The van der Waals surface area contributed by atoms with E-state index >= 15 is 0 Å². The topological polar surface area (TPSA) is 69.2 Å². The molecule has 8 nitrogen and oxygen atoms in total. The molecule has 340 valence electrons. The van der Waals surface area contributed by atoms with E-state index in [4.69, 9.17) is 20.7 Å². The van der Waals surface area contributed by atoms with E-state index in [2.05, 4.69) is 60.9 Å². The molecule has 3 heterocycles. The van der Waals surface area contributed by atoms with Gasteiger partial charge in [0.2, 0.25) is 5.91 Å². The molecule has 0 N–H and O–H groups in total. The predicted octanol–water partition coefficient (Wildman–Crippen LogP) is 14.0. The molecule has 3 aromatic rings. The number of piperazine rings is 1. The predicted molar refractivity (Wildman–Crippen MR) is 260 cm³/mol. The molecule has 1 atom stereocenters. The Morgan fingerprint density at radius 1 is 0.787 bits per heavy atom. The maximum absolute atomic E-state index is 13.8. The summed E-state index contributed by atoms with van der Waals surface area (Å²) in [5, 5.41) is 1.90. The van der Waals surface area contributed by atoms with Gasteiger partial charge in [-0.05, 0) is 67.0 Å². The molecule has 61 heavy (non-hydrogen) atoms. The third-order valence-electron chi connectivity index (χ3n) is 13.2. The van der Waals surface area contributed by atoms with Crippen molar-refractivity contribution < 1.29 is 14.3 Å². The van der Waals surface area contributed by atoms with Gasteiger partial charge in [-0.1, -0.05) is 178 Å². The van der Waals surface area contributed by atoms with Crippen LogP contribution in [0.15, 0.2) is 36.4 Å². The lowest BCUT2D eigenvalue weighted by Gasteiger charge is -2.35. The van der Waals surface area contributed by atoms with Gasteiger partial charge in [0, 0.05) is 55.7 Å². The number of hydrogen-bond acceptors (Lipinski definition) is 7. The first kappa shape index (κ1) is 49.1. The highest BCUT2D eigenvalue weighted by Crippen LogP contribution is 2.35. The van der Waals surface area contributed by atoms with Gasteiger partial charge in [-0.2, -0.15) is 4.37 Å². The van der Waals surface area contributed by atoms with Crippen molar-refractivity contribution in [2.45, 2.75) is 187 Å². The van der Waals surface area contributed by atoms with Crippen LogP contribution in [0.5, 0.6) is 0 Å². The first-order valence-corrected chi connectivity index (χ1v) is 25.9. The van der Waals surface area contributed by atoms with Crippen LogP contribution in [-0.4, -0.2) is 78.2 Å². The zero-order chi connectivity index (χ0) is 43.1. The van der Waals surface area contributed by atoms with Gasteiger partial charge in [-0.25, -0.2) is 4.79 Å². The normalized spacial score (nSPS) is 14.9. The highest BCUT2D eigenvalue weighted by molar-refractivity contribution is 7.13. The molecule has 1 fully saturated rings. The van der Waals surface area contributed by atoms with Crippen LogP contribution in [0.25, 0.3) is 10.1 Å². The lowest BCUT2D eigenvalue weighted by atomic mass is 10.0. The van der Waals surface area contributed by atoms with Crippen LogP contribution in [0.4, 0.5) is 16.3 Å². The van der Waals surface area contributed by atoms with Crippen LogP contribution >= 0.6 is 23.1 Å². The van der Waals surface area contributed by atoms with Crippen LogP contribution < -0.4 is 9.80 Å². The summed E-state index contributed by atoms with van der Waals surface area (Å²) in [5.74, 6) is 1.06. The molecule has 0 radical (unpaired) electrons. The second kappa shape index (κ2) is 28.0. The fourth-order valence-electron chi connectivity index (χ4n) is 9.24. The summed E-state index contributed by atoms with van der Waals surface area (Å²) in [7, 11) is 0. The Morgan fingerprint density at radius 2 is 1.36 bits per heavy atom. The third-order valence-corrected chi connectivity index (χ3v) is 14.4. The Kier molecular flexibility index (Phi) is 22.6. The van der Waals surface area contributed by atoms with Gasteiger partial charge < -0.3 is 14.5 Å². The van der Waals surface area contributed by atoms with Gasteiger partial charge in [0.15, 0.2) is 6.73 Å². The summed E-state index contributed by atoms with van der Waals surface area (Å²) >= 11 is 8.48. The van der Waals surface area contributed by atoms with E-state index in [0.29, 0.717) is 18.0 Å². The number of halogens is 1. The Labute approximate surface area is 379 Å².